The van der Waals surface area contributed by atoms with Crippen LogP contribution in [-0.2, 0) is 0 Å². The van der Waals surface area contributed by atoms with E-state index in [1.807, 2.05) is 6.92 Å². The van der Waals surface area contributed by atoms with Crippen LogP contribution in [0.3, 0.4) is 0 Å². The molecule has 0 saturated carbocycles. The molecule has 0 aliphatic heterocycles. The largest absolute Gasteiger partial charge is 0.347 e. The molecular weight excluding hydrogens is 353 g/mol. The van der Waals surface area contributed by atoms with Crippen LogP contribution in [0.2, 0.25) is 0 Å². The summed E-state index contributed by atoms with van der Waals surface area (Å²) in [7, 11) is 0. The maximum absolute atomic E-state index is 12.0. The van der Waals surface area contributed by atoms with Gasteiger partial charge in [-0.05, 0) is 18.4 Å². The van der Waals surface area contributed by atoms with E-state index < -0.39 is 0 Å². The number of nitrogens with one attached hydrogen (secondary N) is 1. The molecule has 3 N–H and O–H groups in total. The fourth-order valence-electron chi connectivity index (χ4n) is 1.88. The number of hydrogen-bond donors (Lipinski definition) is 2. The number of rotatable bonds is 5. The predicted molar refractivity (Wildman–Crippen MR) is 102 cm³/mol. The van der Waals surface area contributed by atoms with Crippen LogP contribution >= 0.6 is 36.2 Å². The van der Waals surface area contributed by atoms with Gasteiger partial charge in [0.15, 0.2) is 0 Å². The number of halogens is 2. The number of benzene rings is 1. The second-order valence-electron chi connectivity index (χ2n) is 5.42. The van der Waals surface area contributed by atoms with Gasteiger partial charge in [0.1, 0.15) is 10.7 Å². The van der Waals surface area contributed by atoms with Crippen molar-refractivity contribution < 1.29 is 4.79 Å². The van der Waals surface area contributed by atoms with Gasteiger partial charge in [-0.25, -0.2) is 4.98 Å². The molecule has 1 aromatic heterocycles. The highest BCUT2D eigenvalue weighted by Gasteiger charge is 2.13. The van der Waals surface area contributed by atoms with E-state index in [-0.39, 0.29) is 36.8 Å². The molecule has 2 rings (SSSR count). The van der Waals surface area contributed by atoms with Crippen LogP contribution < -0.4 is 11.1 Å². The lowest BCUT2D eigenvalue weighted by atomic mass is 10.0. The number of thiazole rings is 1. The van der Waals surface area contributed by atoms with Crippen LogP contribution in [0.25, 0.3) is 10.6 Å². The summed E-state index contributed by atoms with van der Waals surface area (Å²) in [5, 5.41) is 5.45. The standard InChI is InChI=1S/C16H21N3OS.2ClH/c1-10(2)12-4-6-13(7-5-12)16-19-14(9-21-16)15(20)18-11(3)8-17;;/h4-7,9-11H,8,17H2,1-3H3,(H,18,20);2*1H/t11-;;/m0../s1. The van der Waals surface area contributed by atoms with Crippen LogP contribution in [0.15, 0.2) is 29.6 Å². The van der Waals surface area contributed by atoms with E-state index in [2.05, 4.69) is 48.4 Å². The molecule has 2 aromatic rings. The van der Waals surface area contributed by atoms with Gasteiger partial charge in [-0.1, -0.05) is 38.1 Å². The van der Waals surface area contributed by atoms with Crippen LogP contribution in [0.4, 0.5) is 0 Å². The minimum Gasteiger partial charge on any atom is -0.347 e. The smallest absolute Gasteiger partial charge is 0.271 e. The fourth-order valence-corrected chi connectivity index (χ4v) is 2.68. The summed E-state index contributed by atoms with van der Waals surface area (Å²) in [5.41, 5.74) is 8.28. The summed E-state index contributed by atoms with van der Waals surface area (Å²) in [6.45, 7) is 6.62. The van der Waals surface area contributed by atoms with Crippen molar-refractivity contribution in [3.8, 4) is 10.6 Å². The summed E-state index contributed by atoms with van der Waals surface area (Å²) in [4.78, 5) is 16.4. The quantitative estimate of drug-likeness (QED) is 0.833. The number of carbonyl (C=O) groups excluding carboxylic acids is 1. The summed E-state index contributed by atoms with van der Waals surface area (Å²) in [6, 6.07) is 8.28. The Balaban J connectivity index is 0.00000242. The lowest BCUT2D eigenvalue weighted by Crippen LogP contribution is -2.37. The molecule has 0 unspecified atom stereocenters. The highest BCUT2D eigenvalue weighted by molar-refractivity contribution is 7.13. The van der Waals surface area contributed by atoms with Crippen LogP contribution in [-0.4, -0.2) is 23.5 Å². The topological polar surface area (TPSA) is 68.0 Å². The van der Waals surface area contributed by atoms with Crippen molar-refractivity contribution in [1.82, 2.24) is 10.3 Å². The zero-order valence-electron chi connectivity index (χ0n) is 13.4. The van der Waals surface area contributed by atoms with Gasteiger partial charge >= 0.3 is 0 Å². The number of amides is 1. The van der Waals surface area contributed by atoms with Crippen molar-refractivity contribution in [1.29, 1.82) is 0 Å². The molecule has 1 heterocycles. The van der Waals surface area contributed by atoms with Crippen molar-refractivity contribution >= 4 is 42.1 Å². The molecule has 0 spiro atoms. The Bertz CT molecular complexity index is 614. The van der Waals surface area contributed by atoms with Gasteiger partial charge in [-0.15, -0.1) is 36.2 Å². The Kier molecular flexibility index (Phi) is 9.39. The molecule has 23 heavy (non-hydrogen) atoms. The summed E-state index contributed by atoms with van der Waals surface area (Å²) in [6.07, 6.45) is 0. The highest BCUT2D eigenvalue weighted by Crippen LogP contribution is 2.25. The summed E-state index contributed by atoms with van der Waals surface area (Å²) < 4.78 is 0. The predicted octanol–water partition coefficient (Wildman–Crippen LogP) is 3.85. The van der Waals surface area contributed by atoms with Crippen LogP contribution in [0, 0.1) is 0 Å². The zero-order chi connectivity index (χ0) is 15.4. The van der Waals surface area contributed by atoms with Gasteiger partial charge in [0.25, 0.3) is 5.91 Å². The van der Waals surface area contributed by atoms with Gasteiger partial charge in [-0.2, -0.15) is 0 Å². The average Bonchev–Trinajstić information content (AvgIpc) is 2.97. The number of aromatic nitrogens is 1. The molecule has 0 aliphatic carbocycles. The van der Waals surface area contributed by atoms with E-state index in [9.17, 15) is 4.79 Å². The molecule has 0 bridgehead atoms. The second kappa shape index (κ2) is 9.88. The molecule has 0 fully saturated rings. The van der Waals surface area contributed by atoms with E-state index in [0.29, 0.717) is 18.2 Å². The first-order valence-corrected chi connectivity index (χ1v) is 7.96. The maximum atomic E-state index is 12.0. The first-order chi connectivity index (χ1) is 10.0. The maximum Gasteiger partial charge on any atom is 0.271 e. The number of nitrogens with zero attached hydrogens (tertiary/aromatic N) is 1. The Morgan fingerprint density at radius 3 is 2.35 bits per heavy atom. The van der Waals surface area contributed by atoms with Crippen molar-refractivity contribution in [2.24, 2.45) is 5.73 Å². The summed E-state index contributed by atoms with van der Waals surface area (Å²) >= 11 is 1.48. The van der Waals surface area contributed by atoms with Crippen LogP contribution in [0.5, 0.6) is 0 Å². The fraction of sp³-hybridized carbons (Fsp3) is 0.375. The first-order valence-electron chi connectivity index (χ1n) is 7.08. The first kappa shape index (κ1) is 21.9. The third kappa shape index (κ3) is 5.77. The van der Waals surface area contributed by atoms with Crippen molar-refractivity contribution in [2.45, 2.75) is 32.7 Å². The van der Waals surface area contributed by atoms with Gasteiger partial charge in [0, 0.05) is 23.5 Å². The normalized spacial score (nSPS) is 11.3. The average molecular weight is 376 g/mol. The van der Waals surface area contributed by atoms with Crippen molar-refractivity contribution in [3.63, 3.8) is 0 Å². The molecule has 1 aromatic carbocycles. The summed E-state index contributed by atoms with van der Waals surface area (Å²) in [5.74, 6) is 0.337. The van der Waals surface area contributed by atoms with E-state index in [1.165, 1.54) is 16.9 Å². The third-order valence-corrected chi connectivity index (χ3v) is 4.18. The lowest BCUT2D eigenvalue weighted by Gasteiger charge is -2.09. The van der Waals surface area contributed by atoms with Crippen molar-refractivity contribution in [2.75, 3.05) is 6.54 Å². The van der Waals surface area contributed by atoms with Gasteiger partial charge in [0.05, 0.1) is 0 Å². The minimum absolute atomic E-state index is 0. The number of hydrogen-bond acceptors (Lipinski definition) is 4. The minimum atomic E-state index is -0.172. The number of nitrogens with two attached hydrogens (primary N) is 1. The van der Waals surface area contributed by atoms with Gasteiger partial charge < -0.3 is 11.1 Å². The van der Waals surface area contributed by atoms with E-state index in [4.69, 9.17) is 5.73 Å². The van der Waals surface area contributed by atoms with Gasteiger partial charge in [-0.3, -0.25) is 4.79 Å². The Morgan fingerprint density at radius 1 is 1.22 bits per heavy atom. The molecule has 0 radical (unpaired) electrons. The molecule has 4 nitrogen and oxygen atoms in total. The second-order valence-corrected chi connectivity index (χ2v) is 6.28. The molecule has 0 aliphatic rings. The molecular formula is C16H23Cl2N3OS. The molecule has 7 heteroatoms. The Hall–Kier alpha value is -1.14. The highest BCUT2D eigenvalue weighted by atomic mass is 35.5. The molecule has 128 valence electrons. The van der Waals surface area contributed by atoms with Crippen LogP contribution in [0.1, 0.15) is 42.7 Å². The SMILES string of the molecule is CC(C)c1ccc(-c2nc(C(=O)N[C@@H](C)CN)cs2)cc1.Cl.Cl. The van der Waals surface area contributed by atoms with E-state index >= 15 is 0 Å². The van der Waals surface area contributed by atoms with Crippen molar-refractivity contribution in [3.05, 3.63) is 40.9 Å². The molecule has 1 atom stereocenters. The number of carbonyl (C=O) groups is 1. The van der Waals surface area contributed by atoms with E-state index in [0.717, 1.165) is 10.6 Å². The lowest BCUT2D eigenvalue weighted by molar-refractivity contribution is 0.0937. The monoisotopic (exact) mass is 375 g/mol. The molecule has 0 saturated heterocycles. The van der Waals surface area contributed by atoms with E-state index in [1.54, 1.807) is 5.38 Å². The van der Waals surface area contributed by atoms with Gasteiger partial charge in [0.2, 0.25) is 0 Å². The molecule has 1 amide bonds. The zero-order valence-corrected chi connectivity index (χ0v) is 15.9. The Labute approximate surface area is 153 Å². The Morgan fingerprint density at radius 2 is 1.83 bits per heavy atom. The third-order valence-electron chi connectivity index (χ3n) is 3.29.